The van der Waals surface area contributed by atoms with Gasteiger partial charge in [-0.1, -0.05) is 60.2 Å². The molecule has 0 saturated heterocycles. The summed E-state index contributed by atoms with van der Waals surface area (Å²) in [7, 11) is 0. The van der Waals surface area contributed by atoms with E-state index in [0.29, 0.717) is 13.2 Å². The zero-order valence-electron chi connectivity index (χ0n) is 14.5. The number of aromatic nitrogens is 2. The summed E-state index contributed by atoms with van der Waals surface area (Å²) in [5, 5.41) is 2.80. The van der Waals surface area contributed by atoms with Crippen LogP contribution in [0.1, 0.15) is 16.7 Å². The van der Waals surface area contributed by atoms with Crippen molar-refractivity contribution < 1.29 is 13.9 Å². The second-order valence-electron chi connectivity index (χ2n) is 5.78. The van der Waals surface area contributed by atoms with Crippen LogP contribution < -0.4 is 10.1 Å². The van der Waals surface area contributed by atoms with E-state index < -0.39 is 5.82 Å². The first-order valence-corrected chi connectivity index (χ1v) is 8.27. The Morgan fingerprint density at radius 3 is 2.46 bits per heavy atom. The van der Waals surface area contributed by atoms with Crippen molar-refractivity contribution in [2.75, 3.05) is 12.0 Å². The number of ether oxygens (including phenoxy) is 2. The van der Waals surface area contributed by atoms with Gasteiger partial charge in [0.25, 0.3) is 0 Å². The minimum absolute atomic E-state index is 0.0481. The molecule has 0 bridgehead atoms. The van der Waals surface area contributed by atoms with Crippen molar-refractivity contribution in [1.29, 1.82) is 0 Å². The average molecular weight is 353 g/mol. The van der Waals surface area contributed by atoms with Gasteiger partial charge in [0, 0.05) is 0 Å². The summed E-state index contributed by atoms with van der Waals surface area (Å²) in [6, 6.07) is 17.8. The Morgan fingerprint density at radius 1 is 0.962 bits per heavy atom. The van der Waals surface area contributed by atoms with Crippen LogP contribution in [0, 0.1) is 12.7 Å². The van der Waals surface area contributed by atoms with Crippen LogP contribution in [0.4, 0.5) is 10.2 Å². The fourth-order valence-electron chi connectivity index (χ4n) is 2.24. The summed E-state index contributed by atoms with van der Waals surface area (Å²) >= 11 is 0. The maximum atomic E-state index is 13.8. The van der Waals surface area contributed by atoms with Crippen molar-refractivity contribution in [3.63, 3.8) is 0 Å². The molecule has 26 heavy (non-hydrogen) atoms. The number of anilines is 1. The van der Waals surface area contributed by atoms with Crippen LogP contribution in [-0.2, 0) is 18.0 Å². The second kappa shape index (κ2) is 8.92. The molecular weight excluding hydrogens is 333 g/mol. The number of hydrogen-bond acceptors (Lipinski definition) is 5. The van der Waals surface area contributed by atoms with Crippen LogP contribution in [0.25, 0.3) is 0 Å². The van der Waals surface area contributed by atoms with Crippen molar-refractivity contribution in [3.05, 3.63) is 83.3 Å². The van der Waals surface area contributed by atoms with Crippen molar-refractivity contribution in [2.45, 2.75) is 20.1 Å². The molecule has 5 nitrogen and oxygen atoms in total. The smallest absolute Gasteiger partial charge is 0.318 e. The van der Waals surface area contributed by atoms with Gasteiger partial charge in [0.1, 0.15) is 13.3 Å². The topological polar surface area (TPSA) is 56.3 Å². The lowest BCUT2D eigenvalue weighted by molar-refractivity contribution is 0.138. The lowest BCUT2D eigenvalue weighted by Crippen LogP contribution is -2.10. The maximum Gasteiger partial charge on any atom is 0.318 e. The molecule has 0 aliphatic rings. The Labute approximate surface area is 151 Å². The molecule has 0 fully saturated rings. The highest BCUT2D eigenvalue weighted by atomic mass is 19.1. The lowest BCUT2D eigenvalue weighted by atomic mass is 10.2. The van der Waals surface area contributed by atoms with Gasteiger partial charge in [-0.05, 0) is 18.1 Å². The molecule has 3 rings (SSSR count). The highest BCUT2D eigenvalue weighted by Crippen LogP contribution is 2.15. The first kappa shape index (κ1) is 17.8. The number of nitrogens with zero attached hydrogens (tertiary/aromatic N) is 2. The largest absolute Gasteiger partial charge is 0.459 e. The summed E-state index contributed by atoms with van der Waals surface area (Å²) in [6.45, 7) is 2.89. The summed E-state index contributed by atoms with van der Waals surface area (Å²) < 4.78 is 24.8. The molecule has 6 heteroatoms. The molecule has 0 aliphatic carbocycles. The van der Waals surface area contributed by atoms with E-state index in [1.165, 1.54) is 5.56 Å². The molecule has 1 heterocycles. The zero-order valence-corrected chi connectivity index (χ0v) is 14.5. The number of rotatable bonds is 8. The van der Waals surface area contributed by atoms with Gasteiger partial charge in [-0.2, -0.15) is 4.98 Å². The average Bonchev–Trinajstić information content (AvgIpc) is 2.67. The third-order valence-corrected chi connectivity index (χ3v) is 3.66. The molecule has 0 radical (unpaired) electrons. The van der Waals surface area contributed by atoms with E-state index in [1.807, 2.05) is 61.5 Å². The predicted octanol–water partition coefficient (Wildman–Crippen LogP) is 4.09. The standard InChI is InChI=1S/C20H20FN3O2/c1-15-7-9-17(10-8-15)13-26-20-22-11-18(21)19(24-20)23-14-25-12-16-5-3-2-4-6-16/h2-11H,12-14H2,1H3,(H,22,23,24). The van der Waals surface area contributed by atoms with E-state index in [-0.39, 0.29) is 18.6 Å². The quantitative estimate of drug-likeness (QED) is 0.488. The Hall–Kier alpha value is -2.99. The van der Waals surface area contributed by atoms with Gasteiger partial charge in [-0.3, -0.25) is 0 Å². The lowest BCUT2D eigenvalue weighted by Gasteiger charge is -2.10. The summed E-state index contributed by atoms with van der Waals surface area (Å²) in [5.41, 5.74) is 3.21. The Bertz CT molecular complexity index is 826. The van der Waals surface area contributed by atoms with E-state index in [0.717, 1.165) is 17.3 Å². The Balaban J connectivity index is 1.51. The zero-order chi connectivity index (χ0) is 18.2. The second-order valence-corrected chi connectivity index (χ2v) is 5.78. The molecule has 134 valence electrons. The first-order chi connectivity index (χ1) is 12.7. The van der Waals surface area contributed by atoms with Crippen molar-refractivity contribution >= 4 is 5.82 Å². The van der Waals surface area contributed by atoms with E-state index in [4.69, 9.17) is 9.47 Å². The Morgan fingerprint density at radius 2 is 1.69 bits per heavy atom. The molecular formula is C20H20FN3O2. The first-order valence-electron chi connectivity index (χ1n) is 8.27. The SMILES string of the molecule is Cc1ccc(COc2ncc(F)c(NCOCc3ccccc3)n2)cc1. The maximum absolute atomic E-state index is 13.8. The fourth-order valence-corrected chi connectivity index (χ4v) is 2.24. The van der Waals surface area contributed by atoms with Gasteiger partial charge in [0.15, 0.2) is 11.6 Å². The molecule has 0 amide bonds. The van der Waals surface area contributed by atoms with Crippen LogP contribution in [0.5, 0.6) is 6.01 Å². The van der Waals surface area contributed by atoms with Crippen LogP contribution in [0.2, 0.25) is 0 Å². The number of benzene rings is 2. The van der Waals surface area contributed by atoms with E-state index >= 15 is 0 Å². The molecule has 0 aliphatic heterocycles. The normalized spacial score (nSPS) is 10.5. The fraction of sp³-hybridized carbons (Fsp3) is 0.200. The molecule has 0 spiro atoms. The number of nitrogens with one attached hydrogen (secondary N) is 1. The van der Waals surface area contributed by atoms with Gasteiger partial charge in [-0.15, -0.1) is 0 Å². The molecule has 0 unspecified atom stereocenters. The Kier molecular flexibility index (Phi) is 6.11. The van der Waals surface area contributed by atoms with Crippen LogP contribution in [0.3, 0.4) is 0 Å². The summed E-state index contributed by atoms with van der Waals surface area (Å²) in [6.07, 6.45) is 1.08. The van der Waals surface area contributed by atoms with E-state index in [9.17, 15) is 4.39 Å². The summed E-state index contributed by atoms with van der Waals surface area (Å²) in [4.78, 5) is 7.91. The monoisotopic (exact) mass is 353 g/mol. The molecule has 1 aromatic heterocycles. The van der Waals surface area contributed by atoms with E-state index in [1.54, 1.807) is 0 Å². The third kappa shape index (κ3) is 5.26. The van der Waals surface area contributed by atoms with Crippen molar-refractivity contribution in [2.24, 2.45) is 0 Å². The molecule has 3 aromatic rings. The van der Waals surface area contributed by atoms with Gasteiger partial charge >= 0.3 is 6.01 Å². The van der Waals surface area contributed by atoms with Crippen LogP contribution in [-0.4, -0.2) is 16.7 Å². The van der Waals surface area contributed by atoms with Gasteiger partial charge in [0.05, 0.1) is 12.8 Å². The molecule has 0 atom stereocenters. The third-order valence-electron chi connectivity index (χ3n) is 3.66. The van der Waals surface area contributed by atoms with Gasteiger partial charge < -0.3 is 14.8 Å². The minimum Gasteiger partial charge on any atom is -0.459 e. The molecule has 2 aromatic carbocycles. The number of aryl methyl sites for hydroxylation is 1. The number of halogens is 1. The van der Waals surface area contributed by atoms with Crippen molar-refractivity contribution in [3.8, 4) is 6.01 Å². The van der Waals surface area contributed by atoms with Crippen LogP contribution in [0.15, 0.2) is 60.8 Å². The van der Waals surface area contributed by atoms with Gasteiger partial charge in [0.2, 0.25) is 0 Å². The highest BCUT2D eigenvalue weighted by Gasteiger charge is 2.08. The predicted molar refractivity (Wildman–Crippen MR) is 97.2 cm³/mol. The minimum atomic E-state index is -0.559. The number of hydrogen-bond donors (Lipinski definition) is 1. The van der Waals surface area contributed by atoms with Crippen molar-refractivity contribution in [1.82, 2.24) is 9.97 Å². The molecule has 1 N–H and O–H groups in total. The van der Waals surface area contributed by atoms with Crippen LogP contribution >= 0.6 is 0 Å². The highest BCUT2D eigenvalue weighted by molar-refractivity contribution is 5.35. The van der Waals surface area contributed by atoms with E-state index in [2.05, 4.69) is 15.3 Å². The summed E-state index contributed by atoms with van der Waals surface area (Å²) in [5.74, 6) is -0.511. The molecule has 0 saturated carbocycles. The van der Waals surface area contributed by atoms with Gasteiger partial charge in [-0.25, -0.2) is 9.37 Å².